The molecule has 14 heavy (non-hydrogen) atoms. The number of carbonyl (C=O) groups is 1. The molecule has 0 spiro atoms. The second-order valence-electron chi connectivity index (χ2n) is 4.18. The predicted molar refractivity (Wildman–Crippen MR) is 54.9 cm³/mol. The van der Waals surface area contributed by atoms with Crippen molar-refractivity contribution in [3.8, 4) is 0 Å². The monoisotopic (exact) mass is 200 g/mol. The lowest BCUT2D eigenvalue weighted by Gasteiger charge is -2.37. The molecule has 1 rings (SSSR count). The Balaban J connectivity index is 2.43. The van der Waals surface area contributed by atoms with Gasteiger partial charge in [-0.25, -0.2) is 0 Å². The fourth-order valence-electron chi connectivity index (χ4n) is 1.93. The number of hydrogen-bond donors (Lipinski definition) is 1. The van der Waals surface area contributed by atoms with Crippen LogP contribution in [0, 0.1) is 5.92 Å². The highest BCUT2D eigenvalue weighted by molar-refractivity contribution is 5.56. The van der Waals surface area contributed by atoms with E-state index >= 15 is 0 Å². The van der Waals surface area contributed by atoms with Gasteiger partial charge in [0.2, 0.25) is 0 Å². The summed E-state index contributed by atoms with van der Waals surface area (Å²) in [5.41, 5.74) is 0. The summed E-state index contributed by atoms with van der Waals surface area (Å²) in [7, 11) is 3.83. The zero-order chi connectivity index (χ0) is 10.6. The average molecular weight is 200 g/mol. The molecule has 0 radical (unpaired) electrons. The minimum Gasteiger partial charge on any atom is -0.396 e. The molecule has 0 aromatic rings. The van der Waals surface area contributed by atoms with E-state index in [0.29, 0.717) is 5.92 Å². The SMILES string of the molecule is CN(C)C(C=O)N1CCC(CO)CC1. The summed E-state index contributed by atoms with van der Waals surface area (Å²) in [6.45, 7) is 2.10. The molecule has 4 nitrogen and oxygen atoms in total. The highest BCUT2D eigenvalue weighted by Gasteiger charge is 2.25. The minimum absolute atomic E-state index is 0.102. The van der Waals surface area contributed by atoms with Crippen LogP contribution in [0.15, 0.2) is 0 Å². The number of likely N-dealkylation sites (N-methyl/N-ethyl adjacent to an activating group) is 1. The molecule has 0 aromatic heterocycles. The van der Waals surface area contributed by atoms with Crippen LogP contribution < -0.4 is 0 Å². The van der Waals surface area contributed by atoms with Crippen LogP contribution in [0.3, 0.4) is 0 Å². The van der Waals surface area contributed by atoms with Crippen molar-refractivity contribution in [1.82, 2.24) is 9.80 Å². The zero-order valence-corrected chi connectivity index (χ0v) is 9.02. The Kier molecular flexibility index (Phi) is 4.51. The second kappa shape index (κ2) is 5.44. The molecule has 1 unspecified atom stereocenters. The highest BCUT2D eigenvalue weighted by atomic mass is 16.3. The Morgan fingerprint density at radius 1 is 1.50 bits per heavy atom. The quantitative estimate of drug-likeness (QED) is 0.637. The Bertz CT molecular complexity index is 177. The highest BCUT2D eigenvalue weighted by Crippen LogP contribution is 2.18. The van der Waals surface area contributed by atoms with Gasteiger partial charge in [0.05, 0.1) is 0 Å². The normalized spacial score (nSPS) is 22.6. The standard InChI is InChI=1S/C10H20N2O2/c1-11(2)10(8-14)12-5-3-9(7-13)4-6-12/h8-10,13H,3-7H2,1-2H3. The van der Waals surface area contributed by atoms with Gasteiger partial charge in [-0.3, -0.25) is 9.80 Å². The van der Waals surface area contributed by atoms with Gasteiger partial charge in [-0.1, -0.05) is 0 Å². The largest absolute Gasteiger partial charge is 0.396 e. The van der Waals surface area contributed by atoms with Crippen molar-refractivity contribution in [2.45, 2.75) is 19.0 Å². The molecule has 1 N–H and O–H groups in total. The van der Waals surface area contributed by atoms with E-state index in [1.165, 1.54) is 0 Å². The number of carbonyl (C=O) groups excluding carboxylic acids is 1. The number of rotatable bonds is 4. The van der Waals surface area contributed by atoms with Gasteiger partial charge in [-0.2, -0.15) is 0 Å². The van der Waals surface area contributed by atoms with E-state index in [9.17, 15) is 4.79 Å². The number of hydrogen-bond acceptors (Lipinski definition) is 4. The Labute approximate surface area is 85.5 Å². The summed E-state index contributed by atoms with van der Waals surface area (Å²) >= 11 is 0. The third-order valence-corrected chi connectivity index (χ3v) is 2.93. The third kappa shape index (κ3) is 2.77. The molecule has 1 aliphatic heterocycles. The molecule has 1 saturated heterocycles. The lowest BCUT2D eigenvalue weighted by molar-refractivity contribution is -0.118. The number of aliphatic hydroxyl groups is 1. The van der Waals surface area contributed by atoms with E-state index in [1.54, 1.807) is 0 Å². The van der Waals surface area contributed by atoms with Crippen molar-refractivity contribution in [2.75, 3.05) is 33.8 Å². The Morgan fingerprint density at radius 3 is 2.43 bits per heavy atom. The first-order chi connectivity index (χ1) is 6.69. The van der Waals surface area contributed by atoms with Gasteiger partial charge in [0.15, 0.2) is 6.29 Å². The van der Waals surface area contributed by atoms with Crippen LogP contribution in [0.5, 0.6) is 0 Å². The topological polar surface area (TPSA) is 43.8 Å². The van der Waals surface area contributed by atoms with E-state index in [0.717, 1.165) is 32.2 Å². The zero-order valence-electron chi connectivity index (χ0n) is 9.02. The van der Waals surface area contributed by atoms with Gasteiger partial charge >= 0.3 is 0 Å². The van der Waals surface area contributed by atoms with Gasteiger partial charge in [0.25, 0.3) is 0 Å². The summed E-state index contributed by atoms with van der Waals surface area (Å²) in [5.74, 6) is 0.431. The Hall–Kier alpha value is -0.450. The minimum atomic E-state index is -0.102. The number of aldehydes is 1. The van der Waals surface area contributed by atoms with Crippen LogP contribution >= 0.6 is 0 Å². The van der Waals surface area contributed by atoms with Gasteiger partial charge in [0.1, 0.15) is 6.17 Å². The second-order valence-corrected chi connectivity index (χ2v) is 4.18. The smallest absolute Gasteiger partial charge is 0.151 e. The fraction of sp³-hybridized carbons (Fsp3) is 0.900. The molecule has 1 fully saturated rings. The van der Waals surface area contributed by atoms with Crippen molar-refractivity contribution in [2.24, 2.45) is 5.92 Å². The molecular formula is C10H20N2O2. The van der Waals surface area contributed by atoms with E-state index in [-0.39, 0.29) is 12.8 Å². The summed E-state index contributed by atoms with van der Waals surface area (Å²) in [4.78, 5) is 15.0. The maximum atomic E-state index is 10.9. The Morgan fingerprint density at radius 2 is 2.07 bits per heavy atom. The molecule has 0 bridgehead atoms. The summed E-state index contributed by atoms with van der Waals surface area (Å²) in [6.07, 6.45) is 2.87. The molecule has 0 amide bonds. The van der Waals surface area contributed by atoms with Crippen molar-refractivity contribution < 1.29 is 9.90 Å². The van der Waals surface area contributed by atoms with Crippen molar-refractivity contribution in [3.05, 3.63) is 0 Å². The van der Waals surface area contributed by atoms with Gasteiger partial charge in [-0.15, -0.1) is 0 Å². The molecular weight excluding hydrogens is 180 g/mol. The van der Waals surface area contributed by atoms with Crippen molar-refractivity contribution in [1.29, 1.82) is 0 Å². The van der Waals surface area contributed by atoms with Crippen molar-refractivity contribution >= 4 is 6.29 Å². The van der Waals surface area contributed by atoms with Gasteiger partial charge in [-0.05, 0) is 32.9 Å². The maximum Gasteiger partial charge on any atom is 0.151 e. The van der Waals surface area contributed by atoms with Crippen LogP contribution in [-0.4, -0.2) is 61.2 Å². The number of likely N-dealkylation sites (tertiary alicyclic amines) is 1. The van der Waals surface area contributed by atoms with Gasteiger partial charge < -0.3 is 9.90 Å². The van der Waals surface area contributed by atoms with E-state index in [4.69, 9.17) is 5.11 Å². The lowest BCUT2D eigenvalue weighted by Crippen LogP contribution is -2.49. The summed E-state index contributed by atoms with van der Waals surface area (Å²) in [5, 5.41) is 8.98. The van der Waals surface area contributed by atoms with Crippen LogP contribution in [0.2, 0.25) is 0 Å². The first-order valence-electron chi connectivity index (χ1n) is 5.15. The number of piperidine rings is 1. The lowest BCUT2D eigenvalue weighted by atomic mass is 9.97. The molecule has 0 aliphatic carbocycles. The van der Waals surface area contributed by atoms with Crippen LogP contribution in [0.4, 0.5) is 0 Å². The first-order valence-corrected chi connectivity index (χ1v) is 5.15. The van der Waals surface area contributed by atoms with Crippen molar-refractivity contribution in [3.63, 3.8) is 0 Å². The first kappa shape index (κ1) is 11.6. The van der Waals surface area contributed by atoms with Crippen LogP contribution in [-0.2, 0) is 4.79 Å². The summed E-state index contributed by atoms with van der Waals surface area (Å²) in [6, 6.07) is 0. The van der Waals surface area contributed by atoms with Crippen LogP contribution in [0.25, 0.3) is 0 Å². The molecule has 1 heterocycles. The maximum absolute atomic E-state index is 10.9. The molecule has 0 aromatic carbocycles. The molecule has 82 valence electrons. The molecule has 0 saturated carbocycles. The molecule has 1 aliphatic rings. The van der Waals surface area contributed by atoms with E-state index in [2.05, 4.69) is 4.90 Å². The van der Waals surface area contributed by atoms with E-state index < -0.39 is 0 Å². The predicted octanol–water partition coefficient (Wildman–Crippen LogP) is -0.223. The fourth-order valence-corrected chi connectivity index (χ4v) is 1.93. The van der Waals surface area contributed by atoms with E-state index in [1.807, 2.05) is 19.0 Å². The molecule has 1 atom stereocenters. The average Bonchev–Trinajstić information content (AvgIpc) is 2.19. The molecule has 4 heteroatoms. The number of aliphatic hydroxyl groups excluding tert-OH is 1. The summed E-state index contributed by atoms with van der Waals surface area (Å²) < 4.78 is 0. The van der Waals surface area contributed by atoms with Crippen LogP contribution in [0.1, 0.15) is 12.8 Å². The number of nitrogens with zero attached hydrogens (tertiary/aromatic N) is 2. The van der Waals surface area contributed by atoms with Gasteiger partial charge in [0, 0.05) is 19.7 Å². The third-order valence-electron chi connectivity index (χ3n) is 2.93.